The molecule has 0 unspecified atom stereocenters. The van der Waals surface area contributed by atoms with Gasteiger partial charge >= 0.3 is 17.7 Å². The van der Waals surface area contributed by atoms with E-state index in [1.165, 1.54) is 12.1 Å². The van der Waals surface area contributed by atoms with Crippen molar-refractivity contribution in [2.24, 2.45) is 0 Å². The second-order valence-corrected chi connectivity index (χ2v) is 6.24. The largest absolute Gasteiger partial charge is 0.444 e. The van der Waals surface area contributed by atoms with Crippen molar-refractivity contribution in [1.29, 1.82) is 0 Å². The lowest BCUT2D eigenvalue weighted by Gasteiger charge is -2.19. The highest BCUT2D eigenvalue weighted by Gasteiger charge is 2.17. The highest BCUT2D eigenvalue weighted by Crippen LogP contribution is 2.22. The van der Waals surface area contributed by atoms with Crippen LogP contribution in [0.15, 0.2) is 33.5 Å². The first-order valence-corrected chi connectivity index (χ1v) is 7.36. The molecule has 24 heavy (non-hydrogen) atoms. The van der Waals surface area contributed by atoms with Gasteiger partial charge in [0, 0.05) is 11.5 Å². The molecule has 1 N–H and O–H groups in total. The van der Waals surface area contributed by atoms with E-state index in [0.29, 0.717) is 16.5 Å². The Bertz CT molecular complexity index is 831. The van der Waals surface area contributed by atoms with Gasteiger partial charge < -0.3 is 19.2 Å². The average Bonchev–Trinajstić information content (AvgIpc) is 2.44. The maximum atomic E-state index is 11.8. The van der Waals surface area contributed by atoms with Crippen molar-refractivity contribution < 1.29 is 23.5 Å². The van der Waals surface area contributed by atoms with Gasteiger partial charge in [-0.2, -0.15) is 0 Å². The first-order chi connectivity index (χ1) is 11.1. The molecule has 0 spiro atoms. The molecule has 0 aliphatic heterocycles. The maximum Gasteiger partial charge on any atom is 0.408 e. The number of hydrogen-bond donors (Lipinski definition) is 1. The minimum Gasteiger partial charge on any atom is -0.444 e. The topological polar surface area (TPSA) is 94.8 Å². The first-order valence-electron chi connectivity index (χ1n) is 7.36. The number of aryl methyl sites for hydroxylation is 1. The summed E-state index contributed by atoms with van der Waals surface area (Å²) >= 11 is 0. The van der Waals surface area contributed by atoms with Crippen LogP contribution in [0, 0.1) is 6.92 Å². The normalized spacial score (nSPS) is 11.2. The lowest BCUT2D eigenvalue weighted by molar-refractivity contribution is -0.133. The van der Waals surface area contributed by atoms with Gasteiger partial charge in [0.2, 0.25) is 0 Å². The van der Waals surface area contributed by atoms with Crippen LogP contribution in [0.5, 0.6) is 5.75 Å². The lowest BCUT2D eigenvalue weighted by Crippen LogP contribution is -2.36. The van der Waals surface area contributed by atoms with Gasteiger partial charge in [0.25, 0.3) is 0 Å². The Kier molecular flexibility index (Phi) is 4.92. The molecule has 2 aromatic rings. The summed E-state index contributed by atoms with van der Waals surface area (Å²) in [5.74, 6) is -0.356. The van der Waals surface area contributed by atoms with Crippen molar-refractivity contribution in [3.63, 3.8) is 0 Å². The summed E-state index contributed by atoms with van der Waals surface area (Å²) in [6, 6.07) is 6.01. The van der Waals surface area contributed by atoms with Gasteiger partial charge in [-0.05, 0) is 51.5 Å². The SMILES string of the molecule is Cc1cc(=O)oc2ccc(OC(=O)CNC(=O)OC(C)(C)C)cc12. The summed E-state index contributed by atoms with van der Waals surface area (Å²) in [6.07, 6.45) is -0.699. The number of carbonyl (C=O) groups excluding carboxylic acids is 2. The van der Waals surface area contributed by atoms with Crippen molar-refractivity contribution in [1.82, 2.24) is 5.32 Å². The third-order valence-electron chi connectivity index (χ3n) is 2.93. The number of amides is 1. The molecular formula is C17H19NO6. The zero-order chi connectivity index (χ0) is 17.9. The molecule has 1 amide bonds. The monoisotopic (exact) mass is 333 g/mol. The lowest BCUT2D eigenvalue weighted by atomic mass is 10.1. The van der Waals surface area contributed by atoms with Gasteiger partial charge in [-0.15, -0.1) is 0 Å². The summed E-state index contributed by atoms with van der Waals surface area (Å²) in [5, 5.41) is 2.99. The Balaban J connectivity index is 2.01. The summed E-state index contributed by atoms with van der Waals surface area (Å²) in [4.78, 5) is 34.6. The van der Waals surface area contributed by atoms with E-state index in [9.17, 15) is 14.4 Å². The third-order valence-corrected chi connectivity index (χ3v) is 2.93. The summed E-state index contributed by atoms with van der Waals surface area (Å²) < 4.78 is 15.2. The quantitative estimate of drug-likeness (QED) is 0.527. The number of nitrogens with one attached hydrogen (secondary N) is 1. The van der Waals surface area contributed by atoms with Crippen LogP contribution in [0.1, 0.15) is 26.3 Å². The van der Waals surface area contributed by atoms with E-state index in [-0.39, 0.29) is 12.3 Å². The molecule has 128 valence electrons. The van der Waals surface area contributed by atoms with Crippen LogP contribution in [0.4, 0.5) is 4.79 Å². The fraction of sp³-hybridized carbons (Fsp3) is 0.353. The Morgan fingerprint density at radius 2 is 1.92 bits per heavy atom. The van der Waals surface area contributed by atoms with Crippen LogP contribution in [0.3, 0.4) is 0 Å². The Morgan fingerprint density at radius 1 is 1.21 bits per heavy atom. The van der Waals surface area contributed by atoms with E-state index in [4.69, 9.17) is 13.9 Å². The standard InChI is InChI=1S/C17H19NO6/c1-10-7-14(19)23-13-6-5-11(8-12(10)13)22-15(20)9-18-16(21)24-17(2,3)4/h5-8H,9H2,1-4H3,(H,18,21). The minimum absolute atomic E-state index is 0.287. The molecule has 0 bridgehead atoms. The third kappa shape index (κ3) is 4.84. The molecule has 0 aliphatic rings. The molecule has 1 heterocycles. The van der Waals surface area contributed by atoms with E-state index in [1.807, 2.05) is 0 Å². The highest BCUT2D eigenvalue weighted by atomic mass is 16.6. The number of benzene rings is 1. The van der Waals surface area contributed by atoms with E-state index in [2.05, 4.69) is 5.32 Å². The molecule has 0 fully saturated rings. The number of ether oxygens (including phenoxy) is 2. The number of hydrogen-bond acceptors (Lipinski definition) is 6. The minimum atomic E-state index is -0.699. The number of alkyl carbamates (subject to hydrolysis) is 1. The van der Waals surface area contributed by atoms with Crippen molar-refractivity contribution in [2.75, 3.05) is 6.54 Å². The molecule has 0 radical (unpaired) electrons. The van der Waals surface area contributed by atoms with Crippen molar-refractivity contribution in [3.05, 3.63) is 40.2 Å². The van der Waals surface area contributed by atoms with Gasteiger partial charge in [0.05, 0.1) is 0 Å². The smallest absolute Gasteiger partial charge is 0.408 e. The average molecular weight is 333 g/mol. The van der Waals surface area contributed by atoms with E-state index in [0.717, 1.165) is 0 Å². The van der Waals surface area contributed by atoms with E-state index >= 15 is 0 Å². The number of rotatable bonds is 3. The van der Waals surface area contributed by atoms with Gasteiger partial charge in [-0.25, -0.2) is 14.4 Å². The molecule has 0 atom stereocenters. The second kappa shape index (κ2) is 6.74. The zero-order valence-electron chi connectivity index (χ0n) is 14.0. The van der Waals surface area contributed by atoms with Gasteiger partial charge in [0.15, 0.2) is 0 Å². The van der Waals surface area contributed by atoms with Gasteiger partial charge in [-0.1, -0.05) is 0 Å². The van der Waals surface area contributed by atoms with E-state index < -0.39 is 23.3 Å². The van der Waals surface area contributed by atoms with Crippen LogP contribution in [0.25, 0.3) is 11.0 Å². The van der Waals surface area contributed by atoms with Crippen LogP contribution in [-0.2, 0) is 9.53 Å². The summed E-state index contributed by atoms with van der Waals surface area (Å²) in [6.45, 7) is 6.60. The molecule has 7 nitrogen and oxygen atoms in total. The molecule has 1 aromatic heterocycles. The molecule has 7 heteroatoms. The highest BCUT2D eigenvalue weighted by molar-refractivity contribution is 5.84. The molecule has 2 rings (SSSR count). The molecule has 0 aliphatic carbocycles. The predicted molar refractivity (Wildman–Crippen MR) is 87.1 cm³/mol. The molecular weight excluding hydrogens is 314 g/mol. The summed E-state index contributed by atoms with van der Waals surface area (Å²) in [7, 11) is 0. The van der Waals surface area contributed by atoms with Crippen LogP contribution in [0.2, 0.25) is 0 Å². The Morgan fingerprint density at radius 3 is 2.58 bits per heavy atom. The number of fused-ring (bicyclic) bond motifs is 1. The Hall–Kier alpha value is -2.83. The van der Waals surface area contributed by atoms with Gasteiger partial charge in [0.1, 0.15) is 23.5 Å². The molecule has 0 saturated carbocycles. The first kappa shape index (κ1) is 17.5. The Labute approximate surface area is 138 Å². The van der Waals surface area contributed by atoms with Crippen LogP contribution in [-0.4, -0.2) is 24.2 Å². The van der Waals surface area contributed by atoms with Crippen LogP contribution < -0.4 is 15.7 Å². The van der Waals surface area contributed by atoms with Crippen molar-refractivity contribution >= 4 is 23.0 Å². The van der Waals surface area contributed by atoms with Crippen molar-refractivity contribution in [3.8, 4) is 5.75 Å². The number of carbonyl (C=O) groups is 2. The van der Waals surface area contributed by atoms with E-state index in [1.54, 1.807) is 39.8 Å². The number of esters is 1. The predicted octanol–water partition coefficient (Wildman–Crippen LogP) is 2.53. The molecule has 1 aromatic carbocycles. The van der Waals surface area contributed by atoms with Crippen LogP contribution >= 0.6 is 0 Å². The zero-order valence-corrected chi connectivity index (χ0v) is 14.0. The fourth-order valence-electron chi connectivity index (χ4n) is 1.99. The van der Waals surface area contributed by atoms with Gasteiger partial charge in [-0.3, -0.25) is 0 Å². The second-order valence-electron chi connectivity index (χ2n) is 6.24. The summed E-state index contributed by atoms with van der Waals surface area (Å²) in [5.41, 5.74) is 0.0392. The fourth-order valence-corrected chi connectivity index (χ4v) is 1.99. The maximum absolute atomic E-state index is 11.8. The van der Waals surface area contributed by atoms with Crippen molar-refractivity contribution in [2.45, 2.75) is 33.3 Å². The molecule has 0 saturated heterocycles.